The molecular formula is C30H33N3O2. The molecule has 0 amide bonds. The van der Waals surface area contributed by atoms with Gasteiger partial charge in [-0.25, -0.2) is 4.98 Å². The van der Waals surface area contributed by atoms with Crippen molar-refractivity contribution in [1.82, 2.24) is 14.9 Å². The van der Waals surface area contributed by atoms with Crippen LogP contribution in [-0.2, 0) is 30.7 Å². The van der Waals surface area contributed by atoms with Crippen LogP contribution < -0.4 is 5.32 Å². The van der Waals surface area contributed by atoms with E-state index in [1.807, 2.05) is 42.6 Å². The summed E-state index contributed by atoms with van der Waals surface area (Å²) in [6.07, 6.45) is 5.41. The van der Waals surface area contributed by atoms with E-state index >= 15 is 0 Å². The van der Waals surface area contributed by atoms with Gasteiger partial charge >= 0.3 is 5.97 Å². The van der Waals surface area contributed by atoms with Crippen molar-refractivity contribution < 1.29 is 9.90 Å². The molecule has 5 heteroatoms. The van der Waals surface area contributed by atoms with Crippen LogP contribution in [0.1, 0.15) is 42.4 Å². The van der Waals surface area contributed by atoms with Gasteiger partial charge in [0.1, 0.15) is 11.9 Å². The quantitative estimate of drug-likeness (QED) is 0.279. The number of aryl methyl sites for hydroxylation is 1. The summed E-state index contributed by atoms with van der Waals surface area (Å²) in [6.45, 7) is 3.34. The number of carbonyl (C=O) groups is 1. The first kappa shape index (κ1) is 24.4. The average molecular weight is 468 g/mol. The Morgan fingerprint density at radius 2 is 1.57 bits per heavy atom. The van der Waals surface area contributed by atoms with E-state index < -0.39 is 12.0 Å². The minimum absolute atomic E-state index is 0.438. The summed E-state index contributed by atoms with van der Waals surface area (Å²) in [5.74, 6) is 0.202. The predicted octanol–water partition coefficient (Wildman–Crippen LogP) is 5.73. The minimum atomic E-state index is -0.845. The van der Waals surface area contributed by atoms with E-state index in [0.717, 1.165) is 36.3 Å². The Bertz CT molecular complexity index is 1200. The van der Waals surface area contributed by atoms with Crippen molar-refractivity contribution in [2.75, 3.05) is 0 Å². The van der Waals surface area contributed by atoms with Gasteiger partial charge in [0, 0.05) is 25.7 Å². The highest BCUT2D eigenvalue weighted by Crippen LogP contribution is 2.21. The van der Waals surface area contributed by atoms with Gasteiger partial charge in [-0.1, -0.05) is 98.3 Å². The SMILES string of the molecule is CCCCc1ncc(CN[C@@H](Cc2ccccc2)C(=O)O)n1Cc1ccc(-c2ccccc2)cc1. The van der Waals surface area contributed by atoms with Gasteiger partial charge in [0.05, 0.1) is 5.69 Å². The van der Waals surface area contributed by atoms with Crippen LogP contribution in [0.2, 0.25) is 0 Å². The molecule has 0 saturated carbocycles. The Hall–Kier alpha value is -3.70. The third-order valence-electron chi connectivity index (χ3n) is 6.29. The molecule has 4 aromatic rings. The molecule has 180 valence electrons. The molecule has 5 nitrogen and oxygen atoms in total. The van der Waals surface area contributed by atoms with Gasteiger partial charge in [0.15, 0.2) is 0 Å². The fourth-order valence-corrected chi connectivity index (χ4v) is 4.26. The Balaban J connectivity index is 1.50. The molecule has 0 saturated heterocycles. The molecule has 1 heterocycles. The number of carboxylic acid groups (broad SMARTS) is 1. The van der Waals surface area contributed by atoms with Crippen LogP contribution in [0.3, 0.4) is 0 Å². The number of aromatic nitrogens is 2. The van der Waals surface area contributed by atoms with Crippen molar-refractivity contribution in [3.8, 4) is 11.1 Å². The highest BCUT2D eigenvalue weighted by Gasteiger charge is 2.19. The molecule has 0 aliphatic rings. The van der Waals surface area contributed by atoms with E-state index in [1.165, 1.54) is 16.7 Å². The monoisotopic (exact) mass is 467 g/mol. The second-order valence-electron chi connectivity index (χ2n) is 8.88. The predicted molar refractivity (Wildman–Crippen MR) is 140 cm³/mol. The van der Waals surface area contributed by atoms with Gasteiger partial charge in [-0.15, -0.1) is 0 Å². The summed E-state index contributed by atoms with van der Waals surface area (Å²) in [7, 11) is 0. The highest BCUT2D eigenvalue weighted by molar-refractivity contribution is 5.73. The molecule has 2 N–H and O–H groups in total. The molecule has 4 rings (SSSR count). The first-order chi connectivity index (χ1) is 17.1. The fourth-order valence-electron chi connectivity index (χ4n) is 4.26. The topological polar surface area (TPSA) is 67.2 Å². The van der Waals surface area contributed by atoms with E-state index in [9.17, 15) is 9.90 Å². The van der Waals surface area contributed by atoms with Crippen molar-refractivity contribution in [3.63, 3.8) is 0 Å². The molecule has 1 atom stereocenters. The van der Waals surface area contributed by atoms with Gasteiger partial charge in [-0.3, -0.25) is 10.1 Å². The average Bonchev–Trinajstić information content (AvgIpc) is 3.27. The summed E-state index contributed by atoms with van der Waals surface area (Å²) < 4.78 is 2.24. The Kier molecular flexibility index (Phi) is 8.47. The van der Waals surface area contributed by atoms with Crippen molar-refractivity contribution in [1.29, 1.82) is 0 Å². The number of hydrogen-bond acceptors (Lipinski definition) is 3. The van der Waals surface area contributed by atoms with E-state index in [4.69, 9.17) is 4.98 Å². The second-order valence-corrected chi connectivity index (χ2v) is 8.88. The van der Waals surface area contributed by atoms with Crippen molar-refractivity contribution >= 4 is 5.97 Å². The first-order valence-corrected chi connectivity index (χ1v) is 12.3. The number of nitrogens with zero attached hydrogens (tertiary/aromatic N) is 2. The Labute approximate surface area is 207 Å². The van der Waals surface area contributed by atoms with Gasteiger partial charge in [0.2, 0.25) is 0 Å². The summed E-state index contributed by atoms with van der Waals surface area (Å²) in [5, 5.41) is 13.0. The van der Waals surface area contributed by atoms with E-state index in [2.05, 4.69) is 65.3 Å². The van der Waals surface area contributed by atoms with Gasteiger partial charge in [-0.05, 0) is 35.1 Å². The lowest BCUT2D eigenvalue weighted by atomic mass is 10.0. The van der Waals surface area contributed by atoms with Crippen molar-refractivity contribution in [2.45, 2.75) is 51.7 Å². The summed E-state index contributed by atoms with van der Waals surface area (Å²) in [5.41, 5.74) is 5.60. The normalized spacial score (nSPS) is 11.9. The number of imidazole rings is 1. The molecule has 1 aromatic heterocycles. The Morgan fingerprint density at radius 1 is 0.914 bits per heavy atom. The van der Waals surface area contributed by atoms with Crippen molar-refractivity contribution in [2.24, 2.45) is 0 Å². The molecule has 0 radical (unpaired) electrons. The third-order valence-corrected chi connectivity index (χ3v) is 6.29. The van der Waals surface area contributed by atoms with Gasteiger partial charge < -0.3 is 9.67 Å². The van der Waals surface area contributed by atoms with Crippen LogP contribution in [0.15, 0.2) is 91.1 Å². The number of aliphatic carboxylic acids is 1. The van der Waals surface area contributed by atoms with Gasteiger partial charge in [0.25, 0.3) is 0 Å². The summed E-state index contributed by atoms with van der Waals surface area (Å²) in [4.78, 5) is 16.6. The highest BCUT2D eigenvalue weighted by atomic mass is 16.4. The number of nitrogens with one attached hydrogen (secondary N) is 1. The lowest BCUT2D eigenvalue weighted by Crippen LogP contribution is -2.38. The lowest BCUT2D eigenvalue weighted by Gasteiger charge is -2.17. The maximum Gasteiger partial charge on any atom is 0.321 e. The molecule has 0 spiro atoms. The van der Waals surface area contributed by atoms with Crippen LogP contribution in [0.4, 0.5) is 0 Å². The third kappa shape index (κ3) is 6.67. The zero-order valence-corrected chi connectivity index (χ0v) is 20.2. The van der Waals surface area contributed by atoms with E-state index in [-0.39, 0.29) is 0 Å². The zero-order chi connectivity index (χ0) is 24.5. The molecule has 0 aliphatic heterocycles. The Morgan fingerprint density at radius 3 is 2.23 bits per heavy atom. The van der Waals surface area contributed by atoms with Crippen molar-refractivity contribution in [3.05, 3.63) is 114 Å². The summed E-state index contributed by atoms with van der Waals surface area (Å²) >= 11 is 0. The smallest absolute Gasteiger partial charge is 0.321 e. The first-order valence-electron chi connectivity index (χ1n) is 12.3. The van der Waals surface area contributed by atoms with Crippen LogP contribution >= 0.6 is 0 Å². The van der Waals surface area contributed by atoms with Crippen LogP contribution in [0.5, 0.6) is 0 Å². The molecule has 0 unspecified atom stereocenters. The zero-order valence-electron chi connectivity index (χ0n) is 20.2. The van der Waals surface area contributed by atoms with Crippen LogP contribution in [-0.4, -0.2) is 26.7 Å². The number of rotatable bonds is 12. The number of carboxylic acids is 1. The largest absolute Gasteiger partial charge is 0.480 e. The minimum Gasteiger partial charge on any atom is -0.480 e. The molecule has 3 aromatic carbocycles. The molecular weight excluding hydrogens is 434 g/mol. The van der Waals surface area contributed by atoms with Crippen LogP contribution in [0.25, 0.3) is 11.1 Å². The van der Waals surface area contributed by atoms with E-state index in [1.54, 1.807) is 0 Å². The standard InChI is InChI=1S/C30H33N3O2/c1-2-3-14-29-32-21-27(20-31-28(30(34)35)19-23-10-6-4-7-11-23)33(29)22-24-15-17-26(18-16-24)25-12-8-5-9-13-25/h4-13,15-18,21,28,31H,2-3,14,19-20,22H2,1H3,(H,34,35)/t28-/m0/s1. The second kappa shape index (κ2) is 12.1. The maximum absolute atomic E-state index is 11.9. The molecule has 0 fully saturated rings. The maximum atomic E-state index is 11.9. The van der Waals surface area contributed by atoms with Crippen LogP contribution in [0, 0.1) is 0 Å². The fraction of sp³-hybridized carbons (Fsp3) is 0.267. The molecule has 0 bridgehead atoms. The molecule has 35 heavy (non-hydrogen) atoms. The van der Waals surface area contributed by atoms with Gasteiger partial charge in [-0.2, -0.15) is 0 Å². The molecule has 0 aliphatic carbocycles. The summed E-state index contributed by atoms with van der Waals surface area (Å²) in [6, 6.07) is 28.1. The number of benzene rings is 3. The number of hydrogen-bond donors (Lipinski definition) is 2. The lowest BCUT2D eigenvalue weighted by molar-refractivity contribution is -0.139. The van der Waals surface area contributed by atoms with E-state index in [0.29, 0.717) is 19.5 Å². The number of unbranched alkanes of at least 4 members (excludes halogenated alkanes) is 1.